The maximum atomic E-state index is 12.9. The highest BCUT2D eigenvalue weighted by Gasteiger charge is 2.39. The minimum Gasteiger partial charge on any atom is -0.363 e. The van der Waals surface area contributed by atoms with Crippen molar-refractivity contribution in [3.05, 3.63) is 33.9 Å². The number of nitro benzene ring substituents is 1. The van der Waals surface area contributed by atoms with Crippen molar-refractivity contribution in [1.29, 1.82) is 0 Å². The summed E-state index contributed by atoms with van der Waals surface area (Å²) >= 11 is 1.58. The number of halogens is 3. The number of amides is 3. The van der Waals surface area contributed by atoms with E-state index in [0.717, 1.165) is 22.8 Å². The number of carbonyl (C=O) groups is 2. The van der Waals surface area contributed by atoms with E-state index in [9.17, 15) is 32.9 Å². The number of rotatable bonds is 7. The first-order valence-electron chi connectivity index (χ1n) is 9.55. The van der Waals surface area contributed by atoms with Crippen molar-refractivity contribution in [3.8, 4) is 0 Å². The molecular formula is C18H22F3N5O4S. The second kappa shape index (κ2) is 9.30. The first-order valence-corrected chi connectivity index (χ1v) is 10.9. The minimum atomic E-state index is -4.67. The molecule has 1 aromatic carbocycles. The number of nitro groups is 1. The van der Waals surface area contributed by atoms with E-state index >= 15 is 0 Å². The van der Waals surface area contributed by atoms with Crippen LogP contribution in [0.3, 0.4) is 0 Å². The van der Waals surface area contributed by atoms with Crippen LogP contribution in [0.2, 0.25) is 0 Å². The Morgan fingerprint density at radius 1 is 1.23 bits per heavy atom. The van der Waals surface area contributed by atoms with Crippen LogP contribution >= 0.6 is 11.8 Å². The Labute approximate surface area is 180 Å². The van der Waals surface area contributed by atoms with E-state index in [1.165, 1.54) is 0 Å². The van der Waals surface area contributed by atoms with Crippen LogP contribution in [0.15, 0.2) is 18.2 Å². The van der Waals surface area contributed by atoms with E-state index in [1.54, 1.807) is 16.7 Å². The van der Waals surface area contributed by atoms with Crippen molar-refractivity contribution >= 4 is 35.1 Å². The van der Waals surface area contributed by atoms with Crippen LogP contribution in [0.4, 0.5) is 29.3 Å². The summed E-state index contributed by atoms with van der Waals surface area (Å²) in [4.78, 5) is 39.7. The monoisotopic (exact) mass is 461 g/mol. The standard InChI is InChI=1S/C18H22F3N5O4S/c1-31-9-4-13-16(27)25(17(28)22-13)11-23-5-7-24(8-6-23)14-3-2-12(18(19,20)21)10-15(14)26(29)30/h2-3,10,13H,4-9,11H2,1H3,(H,22,28). The molecule has 3 amide bonds. The summed E-state index contributed by atoms with van der Waals surface area (Å²) in [6.07, 6.45) is -2.20. The van der Waals surface area contributed by atoms with Crippen molar-refractivity contribution in [3.63, 3.8) is 0 Å². The molecule has 1 unspecified atom stereocenters. The molecule has 170 valence electrons. The molecule has 13 heteroatoms. The fraction of sp³-hybridized carbons (Fsp3) is 0.556. The molecule has 2 aliphatic heterocycles. The average molecular weight is 461 g/mol. The number of piperazine rings is 1. The number of benzene rings is 1. The Morgan fingerprint density at radius 3 is 2.48 bits per heavy atom. The number of nitrogens with zero attached hydrogens (tertiary/aromatic N) is 4. The lowest BCUT2D eigenvalue weighted by Gasteiger charge is -2.36. The van der Waals surface area contributed by atoms with Crippen molar-refractivity contribution in [2.24, 2.45) is 0 Å². The van der Waals surface area contributed by atoms with Crippen molar-refractivity contribution < 1.29 is 27.7 Å². The van der Waals surface area contributed by atoms with Gasteiger partial charge >= 0.3 is 12.2 Å². The largest absolute Gasteiger partial charge is 0.416 e. The van der Waals surface area contributed by atoms with Gasteiger partial charge in [-0.3, -0.25) is 19.8 Å². The van der Waals surface area contributed by atoms with Gasteiger partial charge in [-0.15, -0.1) is 0 Å². The highest BCUT2D eigenvalue weighted by atomic mass is 32.2. The highest BCUT2D eigenvalue weighted by Crippen LogP contribution is 2.36. The molecule has 2 fully saturated rings. The van der Waals surface area contributed by atoms with E-state index in [1.807, 2.05) is 11.2 Å². The number of carbonyl (C=O) groups excluding carboxylic acids is 2. The van der Waals surface area contributed by atoms with Crippen LogP contribution in [0, 0.1) is 10.1 Å². The number of hydrogen-bond donors (Lipinski definition) is 1. The summed E-state index contributed by atoms with van der Waals surface area (Å²) in [6, 6.07) is 1.51. The Kier molecular flexibility index (Phi) is 6.94. The number of thioether (sulfide) groups is 1. The van der Waals surface area contributed by atoms with Gasteiger partial charge in [0.2, 0.25) is 0 Å². The molecule has 2 aliphatic rings. The van der Waals surface area contributed by atoms with Gasteiger partial charge in [-0.05, 0) is 30.6 Å². The summed E-state index contributed by atoms with van der Waals surface area (Å²) in [7, 11) is 0. The molecule has 2 saturated heterocycles. The fourth-order valence-electron chi connectivity index (χ4n) is 3.59. The van der Waals surface area contributed by atoms with Crippen LogP contribution in [0.1, 0.15) is 12.0 Å². The molecule has 0 saturated carbocycles. The van der Waals surface area contributed by atoms with Gasteiger partial charge < -0.3 is 10.2 Å². The Bertz CT molecular complexity index is 861. The van der Waals surface area contributed by atoms with Crippen LogP contribution < -0.4 is 10.2 Å². The van der Waals surface area contributed by atoms with Crippen molar-refractivity contribution in [2.75, 3.05) is 49.8 Å². The maximum Gasteiger partial charge on any atom is 0.416 e. The predicted octanol–water partition coefficient (Wildman–Crippen LogP) is 2.37. The zero-order valence-electron chi connectivity index (χ0n) is 16.7. The van der Waals surface area contributed by atoms with Gasteiger partial charge in [0.1, 0.15) is 11.7 Å². The van der Waals surface area contributed by atoms with Crippen LogP contribution in [0.25, 0.3) is 0 Å². The lowest BCUT2D eigenvalue weighted by atomic mass is 10.1. The number of imide groups is 1. The fourth-order valence-corrected chi connectivity index (χ4v) is 4.06. The molecule has 0 aliphatic carbocycles. The molecule has 3 rings (SSSR count). The van der Waals surface area contributed by atoms with Crippen molar-refractivity contribution in [2.45, 2.75) is 18.6 Å². The van der Waals surface area contributed by atoms with E-state index in [0.29, 0.717) is 38.7 Å². The topological polar surface area (TPSA) is 99.0 Å². The molecule has 1 aromatic rings. The number of nitrogens with one attached hydrogen (secondary N) is 1. The molecular weight excluding hydrogens is 439 g/mol. The number of alkyl halides is 3. The van der Waals surface area contributed by atoms with Gasteiger partial charge in [-0.25, -0.2) is 9.69 Å². The van der Waals surface area contributed by atoms with Crippen molar-refractivity contribution in [1.82, 2.24) is 15.1 Å². The quantitative estimate of drug-likeness (QED) is 0.378. The number of urea groups is 1. The number of hydrogen-bond acceptors (Lipinski definition) is 7. The minimum absolute atomic E-state index is 0.101. The van der Waals surface area contributed by atoms with Gasteiger partial charge in [0.25, 0.3) is 11.6 Å². The van der Waals surface area contributed by atoms with E-state index in [4.69, 9.17) is 0 Å². The van der Waals surface area contributed by atoms with E-state index in [-0.39, 0.29) is 18.3 Å². The summed E-state index contributed by atoms with van der Waals surface area (Å²) in [5, 5.41) is 14.0. The zero-order chi connectivity index (χ0) is 22.8. The summed E-state index contributed by atoms with van der Waals surface area (Å²) in [6.45, 7) is 1.51. The second-order valence-corrected chi connectivity index (χ2v) is 8.24. The Balaban J connectivity index is 1.63. The van der Waals surface area contributed by atoms with Gasteiger partial charge in [-0.1, -0.05) is 0 Å². The third-order valence-corrected chi connectivity index (χ3v) is 5.92. The lowest BCUT2D eigenvalue weighted by Crippen LogP contribution is -2.51. The number of anilines is 1. The molecule has 0 spiro atoms. The van der Waals surface area contributed by atoms with E-state index in [2.05, 4.69) is 5.32 Å². The summed E-state index contributed by atoms with van der Waals surface area (Å²) < 4.78 is 38.7. The van der Waals surface area contributed by atoms with E-state index < -0.39 is 34.4 Å². The molecule has 0 radical (unpaired) electrons. The summed E-state index contributed by atoms with van der Waals surface area (Å²) in [5.41, 5.74) is -1.56. The first kappa shape index (κ1) is 23.1. The molecule has 1 N–H and O–H groups in total. The van der Waals surface area contributed by atoms with Gasteiger partial charge in [0, 0.05) is 32.2 Å². The lowest BCUT2D eigenvalue weighted by molar-refractivity contribution is -0.384. The van der Waals surface area contributed by atoms with Crippen LogP contribution in [-0.4, -0.2) is 77.6 Å². The molecule has 31 heavy (non-hydrogen) atoms. The Morgan fingerprint density at radius 2 is 1.90 bits per heavy atom. The highest BCUT2D eigenvalue weighted by molar-refractivity contribution is 7.98. The van der Waals surface area contributed by atoms with Gasteiger partial charge in [0.05, 0.1) is 17.2 Å². The molecule has 9 nitrogen and oxygen atoms in total. The molecule has 2 heterocycles. The molecule has 1 atom stereocenters. The maximum absolute atomic E-state index is 12.9. The first-order chi connectivity index (χ1) is 14.6. The zero-order valence-corrected chi connectivity index (χ0v) is 17.5. The summed E-state index contributed by atoms with van der Waals surface area (Å²) in [5.74, 6) is 0.467. The second-order valence-electron chi connectivity index (χ2n) is 7.25. The predicted molar refractivity (Wildman–Crippen MR) is 109 cm³/mol. The molecule has 0 bridgehead atoms. The Hall–Kier alpha value is -2.54. The molecule has 0 aromatic heterocycles. The third kappa shape index (κ3) is 5.21. The SMILES string of the molecule is CSCCC1NC(=O)N(CN2CCN(c3ccc(C(F)(F)F)cc3[N+](=O)[O-])CC2)C1=O. The third-order valence-electron chi connectivity index (χ3n) is 5.27. The van der Waals surface area contributed by atoms with Gasteiger partial charge in [0.15, 0.2) is 0 Å². The average Bonchev–Trinajstić information content (AvgIpc) is 2.99. The van der Waals surface area contributed by atoms with Gasteiger partial charge in [-0.2, -0.15) is 24.9 Å². The van der Waals surface area contributed by atoms with Crippen LogP contribution in [0.5, 0.6) is 0 Å². The van der Waals surface area contributed by atoms with Crippen LogP contribution in [-0.2, 0) is 11.0 Å². The smallest absolute Gasteiger partial charge is 0.363 e. The normalized spacial score (nSPS) is 20.3.